The summed E-state index contributed by atoms with van der Waals surface area (Å²) in [5.41, 5.74) is 7.47. The minimum Gasteiger partial charge on any atom is -0.330 e. The molecule has 0 saturated carbocycles. The standard InChI is InChI=1S/C12H24N2/c1-12(2,3)11-5-9-14(10-6-11)8-4-7-13/h5H,4,6-10,13H2,1-3H3. The van der Waals surface area contributed by atoms with Crippen LogP contribution in [0.1, 0.15) is 33.6 Å². The lowest BCUT2D eigenvalue weighted by molar-refractivity contribution is 0.277. The molecule has 0 amide bonds. The van der Waals surface area contributed by atoms with Crippen LogP contribution in [0.5, 0.6) is 0 Å². The molecule has 82 valence electrons. The molecule has 0 aromatic rings. The summed E-state index contributed by atoms with van der Waals surface area (Å²) in [5, 5.41) is 0. The van der Waals surface area contributed by atoms with Crippen LogP contribution in [0.15, 0.2) is 11.6 Å². The molecule has 2 heteroatoms. The summed E-state index contributed by atoms with van der Waals surface area (Å²) in [5.74, 6) is 0. The average molecular weight is 196 g/mol. The fourth-order valence-corrected chi connectivity index (χ4v) is 1.91. The smallest absolute Gasteiger partial charge is 0.0166 e. The van der Waals surface area contributed by atoms with Crippen molar-refractivity contribution in [3.05, 3.63) is 11.6 Å². The first kappa shape index (κ1) is 11.7. The highest BCUT2D eigenvalue weighted by Gasteiger charge is 2.20. The van der Waals surface area contributed by atoms with Gasteiger partial charge in [0.1, 0.15) is 0 Å². The van der Waals surface area contributed by atoms with E-state index in [2.05, 4.69) is 31.7 Å². The van der Waals surface area contributed by atoms with Crippen LogP contribution in [-0.4, -0.2) is 31.1 Å². The zero-order valence-electron chi connectivity index (χ0n) is 9.84. The summed E-state index contributed by atoms with van der Waals surface area (Å²) in [4.78, 5) is 2.49. The van der Waals surface area contributed by atoms with Crippen molar-refractivity contribution >= 4 is 0 Å². The van der Waals surface area contributed by atoms with Crippen LogP contribution < -0.4 is 5.73 Å². The predicted octanol–water partition coefficient (Wildman–Crippen LogP) is 2.01. The Bertz CT molecular complexity index is 201. The normalized spacial score (nSPS) is 19.6. The SMILES string of the molecule is CC(C)(C)C1=CCN(CCCN)CC1. The Morgan fingerprint density at radius 3 is 2.57 bits per heavy atom. The van der Waals surface area contributed by atoms with Gasteiger partial charge in [0, 0.05) is 13.1 Å². The first-order valence-electron chi connectivity index (χ1n) is 5.66. The molecule has 1 aliphatic heterocycles. The van der Waals surface area contributed by atoms with Crippen LogP contribution >= 0.6 is 0 Å². The monoisotopic (exact) mass is 196 g/mol. The van der Waals surface area contributed by atoms with E-state index in [1.807, 2.05) is 0 Å². The van der Waals surface area contributed by atoms with Crippen LogP contribution in [-0.2, 0) is 0 Å². The fourth-order valence-electron chi connectivity index (χ4n) is 1.91. The average Bonchev–Trinajstić information content (AvgIpc) is 2.14. The van der Waals surface area contributed by atoms with Crippen LogP contribution in [0.25, 0.3) is 0 Å². The first-order chi connectivity index (χ1) is 6.54. The molecule has 0 atom stereocenters. The Kier molecular flexibility index (Phi) is 4.14. The van der Waals surface area contributed by atoms with Crippen molar-refractivity contribution in [2.45, 2.75) is 33.6 Å². The van der Waals surface area contributed by atoms with E-state index in [4.69, 9.17) is 5.73 Å². The van der Waals surface area contributed by atoms with E-state index in [0.29, 0.717) is 5.41 Å². The quantitative estimate of drug-likeness (QED) is 0.700. The summed E-state index contributed by atoms with van der Waals surface area (Å²) < 4.78 is 0. The van der Waals surface area contributed by atoms with Gasteiger partial charge >= 0.3 is 0 Å². The molecule has 0 aromatic carbocycles. The summed E-state index contributed by atoms with van der Waals surface area (Å²) in [6.07, 6.45) is 4.76. The second kappa shape index (κ2) is 4.94. The molecule has 1 heterocycles. The number of nitrogens with zero attached hydrogens (tertiary/aromatic N) is 1. The van der Waals surface area contributed by atoms with Crippen LogP contribution in [0.4, 0.5) is 0 Å². The Labute approximate surface area is 88.2 Å². The number of hydrogen-bond acceptors (Lipinski definition) is 2. The molecule has 0 aliphatic carbocycles. The van der Waals surface area contributed by atoms with Gasteiger partial charge in [-0.05, 0) is 31.3 Å². The van der Waals surface area contributed by atoms with Gasteiger partial charge < -0.3 is 5.73 Å². The van der Waals surface area contributed by atoms with E-state index in [9.17, 15) is 0 Å². The van der Waals surface area contributed by atoms with Gasteiger partial charge in [-0.1, -0.05) is 32.4 Å². The maximum Gasteiger partial charge on any atom is 0.0166 e. The third-order valence-electron chi connectivity index (χ3n) is 2.94. The number of rotatable bonds is 3. The van der Waals surface area contributed by atoms with Crippen LogP contribution in [0, 0.1) is 5.41 Å². The molecular formula is C12H24N2. The van der Waals surface area contributed by atoms with Crippen molar-refractivity contribution in [2.24, 2.45) is 11.1 Å². The van der Waals surface area contributed by atoms with E-state index in [1.165, 1.54) is 13.0 Å². The summed E-state index contributed by atoms with van der Waals surface area (Å²) in [6.45, 7) is 11.2. The predicted molar refractivity (Wildman–Crippen MR) is 62.3 cm³/mol. The highest BCUT2D eigenvalue weighted by atomic mass is 15.1. The molecular weight excluding hydrogens is 172 g/mol. The Balaban J connectivity index is 2.39. The first-order valence-corrected chi connectivity index (χ1v) is 5.66. The third kappa shape index (κ3) is 3.43. The van der Waals surface area contributed by atoms with Crippen molar-refractivity contribution < 1.29 is 0 Å². The lowest BCUT2D eigenvalue weighted by atomic mass is 9.83. The van der Waals surface area contributed by atoms with E-state index < -0.39 is 0 Å². The van der Waals surface area contributed by atoms with Gasteiger partial charge in [-0.3, -0.25) is 4.90 Å². The maximum absolute atomic E-state index is 5.50. The molecule has 0 unspecified atom stereocenters. The number of nitrogens with two attached hydrogens (primary N) is 1. The molecule has 0 fully saturated rings. The maximum atomic E-state index is 5.50. The van der Waals surface area contributed by atoms with Crippen molar-refractivity contribution in [3.8, 4) is 0 Å². The van der Waals surface area contributed by atoms with Crippen LogP contribution in [0.3, 0.4) is 0 Å². The van der Waals surface area contributed by atoms with Crippen LogP contribution in [0.2, 0.25) is 0 Å². The zero-order chi connectivity index (χ0) is 10.6. The highest BCUT2D eigenvalue weighted by Crippen LogP contribution is 2.29. The van der Waals surface area contributed by atoms with E-state index >= 15 is 0 Å². The van der Waals surface area contributed by atoms with Crippen molar-refractivity contribution in [2.75, 3.05) is 26.2 Å². The lowest BCUT2D eigenvalue weighted by Gasteiger charge is -2.32. The van der Waals surface area contributed by atoms with Crippen molar-refractivity contribution in [1.29, 1.82) is 0 Å². The van der Waals surface area contributed by atoms with Gasteiger partial charge in [0.2, 0.25) is 0 Å². The summed E-state index contributed by atoms with van der Waals surface area (Å²) in [6, 6.07) is 0. The van der Waals surface area contributed by atoms with Crippen molar-refractivity contribution in [3.63, 3.8) is 0 Å². The molecule has 1 rings (SSSR count). The highest BCUT2D eigenvalue weighted by molar-refractivity contribution is 5.14. The van der Waals surface area contributed by atoms with E-state index in [1.54, 1.807) is 5.57 Å². The van der Waals surface area contributed by atoms with Gasteiger partial charge in [0.05, 0.1) is 0 Å². The van der Waals surface area contributed by atoms with Gasteiger partial charge in [-0.15, -0.1) is 0 Å². The molecule has 0 bridgehead atoms. The Morgan fingerprint density at radius 1 is 1.43 bits per heavy atom. The topological polar surface area (TPSA) is 29.3 Å². The third-order valence-corrected chi connectivity index (χ3v) is 2.94. The van der Waals surface area contributed by atoms with Gasteiger partial charge in [-0.2, -0.15) is 0 Å². The zero-order valence-corrected chi connectivity index (χ0v) is 9.84. The molecule has 0 spiro atoms. The molecule has 0 saturated heterocycles. The lowest BCUT2D eigenvalue weighted by Crippen LogP contribution is -2.32. The molecule has 2 nitrogen and oxygen atoms in total. The second-order valence-electron chi connectivity index (χ2n) is 5.17. The minimum atomic E-state index is 0.361. The largest absolute Gasteiger partial charge is 0.330 e. The van der Waals surface area contributed by atoms with Gasteiger partial charge in [-0.25, -0.2) is 0 Å². The van der Waals surface area contributed by atoms with Gasteiger partial charge in [0.25, 0.3) is 0 Å². The molecule has 14 heavy (non-hydrogen) atoms. The minimum absolute atomic E-state index is 0.361. The van der Waals surface area contributed by atoms with Gasteiger partial charge in [0.15, 0.2) is 0 Å². The Hall–Kier alpha value is -0.340. The molecule has 1 aliphatic rings. The second-order valence-corrected chi connectivity index (χ2v) is 5.17. The molecule has 2 N–H and O–H groups in total. The summed E-state index contributed by atoms with van der Waals surface area (Å²) in [7, 11) is 0. The molecule has 0 radical (unpaired) electrons. The summed E-state index contributed by atoms with van der Waals surface area (Å²) >= 11 is 0. The van der Waals surface area contributed by atoms with Crippen molar-refractivity contribution in [1.82, 2.24) is 4.90 Å². The van der Waals surface area contributed by atoms with E-state index in [-0.39, 0.29) is 0 Å². The molecule has 0 aromatic heterocycles. The van der Waals surface area contributed by atoms with E-state index in [0.717, 1.165) is 26.1 Å². The Morgan fingerprint density at radius 2 is 2.14 bits per heavy atom. The number of hydrogen-bond donors (Lipinski definition) is 1. The fraction of sp³-hybridized carbons (Fsp3) is 0.833.